The molecular weight excluding hydrogens is 244 g/mol. The number of hydrogen-bond donors (Lipinski definition) is 0. The second-order valence-electron chi connectivity index (χ2n) is 3.59. The molecule has 0 saturated carbocycles. The van der Waals surface area contributed by atoms with E-state index in [1.807, 2.05) is 6.92 Å². The van der Waals surface area contributed by atoms with Crippen molar-refractivity contribution >= 4 is 15.9 Å². The second-order valence-corrected chi connectivity index (χ2v) is 5.24. The van der Waals surface area contributed by atoms with Crippen LogP contribution in [-0.2, 0) is 14.3 Å². The normalized spacial score (nSPS) is 11.2. The molecule has 1 rings (SSSR count). The Labute approximate surface area is 100 Å². The van der Waals surface area contributed by atoms with Crippen LogP contribution in [-0.4, -0.2) is 34.2 Å². The summed E-state index contributed by atoms with van der Waals surface area (Å²) in [4.78, 5) is 11.8. The highest BCUT2D eigenvalue weighted by Crippen LogP contribution is 2.20. The first kappa shape index (κ1) is 13.7. The first-order chi connectivity index (χ1) is 7.83. The molecule has 94 valence electrons. The summed E-state index contributed by atoms with van der Waals surface area (Å²) in [6, 6.07) is 5.09. The van der Waals surface area contributed by atoms with Crippen LogP contribution in [0.3, 0.4) is 0 Å². The summed E-state index contributed by atoms with van der Waals surface area (Å²) in [5.74, 6) is -0.0336. The van der Waals surface area contributed by atoms with E-state index in [9.17, 15) is 13.2 Å². The molecule has 6 heteroatoms. The van der Waals surface area contributed by atoms with Gasteiger partial charge in [0.2, 0.25) is 0 Å². The van der Waals surface area contributed by atoms with E-state index in [0.29, 0.717) is 11.3 Å². The summed E-state index contributed by atoms with van der Waals surface area (Å²) < 4.78 is 31.0. The van der Waals surface area contributed by atoms with Crippen molar-refractivity contribution in [2.45, 2.75) is 6.92 Å². The molecule has 0 atom stereocenters. The minimum absolute atomic E-state index is 0.316. The lowest BCUT2D eigenvalue weighted by atomic mass is 10.1. The summed E-state index contributed by atoms with van der Waals surface area (Å²) in [6.45, 7) is 1.31. The highest BCUT2D eigenvalue weighted by molar-refractivity contribution is 7.86. The molecule has 0 amide bonds. The Bertz CT molecular complexity index is 519. The van der Waals surface area contributed by atoms with Crippen LogP contribution in [0.25, 0.3) is 0 Å². The molecule has 0 aromatic heterocycles. The number of rotatable bonds is 5. The van der Waals surface area contributed by atoms with Gasteiger partial charge in [-0.25, -0.2) is 0 Å². The van der Waals surface area contributed by atoms with E-state index in [0.717, 1.165) is 11.8 Å². The molecule has 0 heterocycles. The molecule has 0 N–H and O–H groups in total. The van der Waals surface area contributed by atoms with Crippen LogP contribution >= 0.6 is 0 Å². The maximum atomic E-state index is 11.8. The molecular formula is C11H14O5S. The SMILES string of the molecule is COc1ccc(C)cc1C(=O)COS(C)(=O)=O. The fraction of sp³-hybridized carbons (Fsp3) is 0.364. The van der Waals surface area contributed by atoms with Gasteiger partial charge in [0.15, 0.2) is 5.78 Å². The van der Waals surface area contributed by atoms with E-state index < -0.39 is 22.5 Å². The number of hydrogen-bond acceptors (Lipinski definition) is 5. The second kappa shape index (κ2) is 5.29. The fourth-order valence-electron chi connectivity index (χ4n) is 1.28. The molecule has 5 nitrogen and oxygen atoms in total. The number of benzene rings is 1. The van der Waals surface area contributed by atoms with Crippen molar-refractivity contribution in [3.8, 4) is 5.75 Å². The first-order valence-corrected chi connectivity index (χ1v) is 6.67. The smallest absolute Gasteiger partial charge is 0.264 e. The molecule has 0 aliphatic heterocycles. The number of ether oxygens (including phenoxy) is 1. The molecule has 1 aromatic rings. The molecule has 0 spiro atoms. The van der Waals surface area contributed by atoms with Crippen molar-refractivity contribution in [2.75, 3.05) is 20.0 Å². The van der Waals surface area contributed by atoms with E-state index in [1.165, 1.54) is 7.11 Å². The van der Waals surface area contributed by atoms with Gasteiger partial charge in [0.05, 0.1) is 18.9 Å². The molecule has 1 aromatic carbocycles. The van der Waals surface area contributed by atoms with Gasteiger partial charge in [0, 0.05) is 0 Å². The van der Waals surface area contributed by atoms with Crippen molar-refractivity contribution in [3.63, 3.8) is 0 Å². The molecule has 0 unspecified atom stereocenters. The third-order valence-corrected chi connectivity index (χ3v) is 2.61. The lowest BCUT2D eigenvalue weighted by Gasteiger charge is -2.08. The van der Waals surface area contributed by atoms with E-state index in [4.69, 9.17) is 4.74 Å². The monoisotopic (exact) mass is 258 g/mol. The van der Waals surface area contributed by atoms with Crippen molar-refractivity contribution < 1.29 is 22.1 Å². The van der Waals surface area contributed by atoms with E-state index in [2.05, 4.69) is 4.18 Å². The van der Waals surface area contributed by atoms with Crippen molar-refractivity contribution in [3.05, 3.63) is 29.3 Å². The van der Waals surface area contributed by atoms with Gasteiger partial charge in [-0.1, -0.05) is 11.6 Å². The molecule has 0 saturated heterocycles. The van der Waals surface area contributed by atoms with Gasteiger partial charge in [-0.15, -0.1) is 0 Å². The number of methoxy groups -OCH3 is 1. The Balaban J connectivity index is 2.92. The predicted octanol–water partition coefficient (Wildman–Crippen LogP) is 1.16. The van der Waals surface area contributed by atoms with Gasteiger partial charge in [-0.05, 0) is 19.1 Å². The Kier molecular flexibility index (Phi) is 4.25. The van der Waals surface area contributed by atoms with E-state index in [-0.39, 0.29) is 0 Å². The van der Waals surface area contributed by atoms with Crippen molar-refractivity contribution in [2.24, 2.45) is 0 Å². The zero-order valence-electron chi connectivity index (χ0n) is 9.89. The number of aryl methyl sites for hydroxylation is 1. The molecule has 0 aliphatic rings. The lowest BCUT2D eigenvalue weighted by molar-refractivity contribution is 0.0922. The van der Waals surface area contributed by atoms with Crippen LogP contribution in [0.1, 0.15) is 15.9 Å². The maximum Gasteiger partial charge on any atom is 0.264 e. The number of carbonyl (C=O) groups is 1. The number of Topliss-reactive ketones (excluding diaryl/α,β-unsaturated/α-hetero) is 1. The lowest BCUT2D eigenvalue weighted by Crippen LogP contribution is -2.14. The van der Waals surface area contributed by atoms with Crippen LogP contribution in [0.5, 0.6) is 5.75 Å². The van der Waals surface area contributed by atoms with Gasteiger partial charge in [-0.2, -0.15) is 8.42 Å². The zero-order chi connectivity index (χ0) is 13.1. The van der Waals surface area contributed by atoms with Gasteiger partial charge < -0.3 is 4.74 Å². The Morgan fingerprint density at radius 3 is 2.53 bits per heavy atom. The minimum Gasteiger partial charge on any atom is -0.496 e. The van der Waals surface area contributed by atoms with Gasteiger partial charge in [0.1, 0.15) is 12.4 Å². The average Bonchev–Trinajstić information content (AvgIpc) is 2.25. The predicted molar refractivity (Wildman–Crippen MR) is 62.9 cm³/mol. The van der Waals surface area contributed by atoms with Gasteiger partial charge >= 0.3 is 0 Å². The van der Waals surface area contributed by atoms with Gasteiger partial charge in [-0.3, -0.25) is 8.98 Å². The summed E-state index contributed by atoms with van der Waals surface area (Å²) in [7, 11) is -2.18. The molecule has 0 fully saturated rings. The molecule has 0 bridgehead atoms. The molecule has 17 heavy (non-hydrogen) atoms. The van der Waals surface area contributed by atoms with Crippen LogP contribution in [0.4, 0.5) is 0 Å². The van der Waals surface area contributed by atoms with E-state index in [1.54, 1.807) is 18.2 Å². The standard InChI is InChI=1S/C11H14O5S/c1-8-4-5-11(15-2)9(6-8)10(12)7-16-17(3,13)14/h4-6H,7H2,1-3H3. The molecule has 0 aliphatic carbocycles. The Morgan fingerprint density at radius 1 is 1.35 bits per heavy atom. The number of carbonyl (C=O) groups excluding carboxylic acids is 1. The highest BCUT2D eigenvalue weighted by Gasteiger charge is 2.15. The van der Waals surface area contributed by atoms with E-state index >= 15 is 0 Å². The Hall–Kier alpha value is -1.40. The largest absolute Gasteiger partial charge is 0.496 e. The topological polar surface area (TPSA) is 69.7 Å². The van der Waals surface area contributed by atoms with Crippen LogP contribution in [0, 0.1) is 6.92 Å². The summed E-state index contributed by atoms with van der Waals surface area (Å²) >= 11 is 0. The third kappa shape index (κ3) is 4.16. The zero-order valence-corrected chi connectivity index (χ0v) is 10.7. The van der Waals surface area contributed by atoms with Crippen LogP contribution < -0.4 is 4.74 Å². The molecule has 0 radical (unpaired) electrons. The van der Waals surface area contributed by atoms with Crippen molar-refractivity contribution in [1.82, 2.24) is 0 Å². The summed E-state index contributed by atoms with van der Waals surface area (Å²) in [6.07, 6.45) is 0.897. The first-order valence-electron chi connectivity index (χ1n) is 4.86. The minimum atomic E-state index is -3.62. The highest BCUT2D eigenvalue weighted by atomic mass is 32.2. The van der Waals surface area contributed by atoms with Crippen LogP contribution in [0.15, 0.2) is 18.2 Å². The quantitative estimate of drug-likeness (QED) is 0.585. The summed E-state index contributed by atoms with van der Waals surface area (Å²) in [5, 5.41) is 0. The van der Waals surface area contributed by atoms with Gasteiger partial charge in [0.25, 0.3) is 10.1 Å². The Morgan fingerprint density at radius 2 is 2.00 bits per heavy atom. The third-order valence-electron chi connectivity index (χ3n) is 2.06. The average molecular weight is 258 g/mol. The van der Waals surface area contributed by atoms with Crippen molar-refractivity contribution in [1.29, 1.82) is 0 Å². The van der Waals surface area contributed by atoms with Crippen LogP contribution in [0.2, 0.25) is 0 Å². The fourth-order valence-corrected chi connectivity index (χ4v) is 1.60. The summed E-state index contributed by atoms with van der Waals surface area (Å²) in [5.41, 5.74) is 1.20. The maximum absolute atomic E-state index is 11.8. The number of ketones is 1.